The van der Waals surface area contributed by atoms with Crippen molar-refractivity contribution in [3.63, 3.8) is 0 Å². The summed E-state index contributed by atoms with van der Waals surface area (Å²) in [6.07, 6.45) is -0.765. The second-order valence-electron chi connectivity index (χ2n) is 14.2. The van der Waals surface area contributed by atoms with E-state index in [9.17, 15) is 20.1 Å². The standard InChI is InChI=1S/C32H59NO8.C4H6.2C2H6/c1-13-25-32(9,37)27(34)21(5)26(33-10)19(3)16-30(7,38-11)15-18(2)24(20(4)29(36)41-25)14-23-17-31(8,39-12)28(35)22(6)40-23;1-3-4-2;2*1-2/h18-25,27-28,34-35,37H,13-17H2,1-12H3;1-2H3;2*1-2H3/t18-,19-,20-,21+,22?,23+,24+,25-,27?,28+,30+,31-,32-;;;/m1.../s1. The predicted octanol–water partition coefficient (Wildman–Crippen LogP) is 7.27. The Morgan fingerprint density at radius 2 is 1.41 bits per heavy atom. The van der Waals surface area contributed by atoms with Crippen molar-refractivity contribution in [1.82, 2.24) is 0 Å². The Hall–Kier alpha value is -1.54. The van der Waals surface area contributed by atoms with E-state index in [-0.39, 0.29) is 23.9 Å². The van der Waals surface area contributed by atoms with E-state index >= 15 is 0 Å². The Balaban J connectivity index is 0. The smallest absolute Gasteiger partial charge is 0.309 e. The van der Waals surface area contributed by atoms with E-state index in [2.05, 4.69) is 37.6 Å². The molecule has 0 radical (unpaired) electrons. The third-order valence-corrected chi connectivity index (χ3v) is 10.7. The molecular weight excluding hydrogens is 622 g/mol. The van der Waals surface area contributed by atoms with Gasteiger partial charge in [0, 0.05) is 39.3 Å². The summed E-state index contributed by atoms with van der Waals surface area (Å²) in [5, 5.41) is 33.7. The minimum Gasteiger partial charge on any atom is -0.459 e. The monoisotopic (exact) mass is 700 g/mol. The van der Waals surface area contributed by atoms with Gasteiger partial charge in [-0.2, -0.15) is 0 Å². The van der Waals surface area contributed by atoms with Crippen LogP contribution in [0.2, 0.25) is 0 Å². The van der Waals surface area contributed by atoms with Crippen molar-refractivity contribution in [2.45, 2.75) is 183 Å². The second kappa shape index (κ2) is 23.1. The normalized spacial score (nSPS) is 41.1. The summed E-state index contributed by atoms with van der Waals surface area (Å²) in [4.78, 5) is 18.3. The zero-order chi connectivity index (χ0) is 38.9. The average molecular weight is 700 g/mol. The highest BCUT2D eigenvalue weighted by atomic mass is 16.6. The van der Waals surface area contributed by atoms with Crippen LogP contribution in [0.5, 0.6) is 0 Å². The first-order valence-electron chi connectivity index (χ1n) is 18.7. The van der Waals surface area contributed by atoms with Crippen LogP contribution >= 0.6 is 0 Å². The maximum Gasteiger partial charge on any atom is 0.309 e. The maximum atomic E-state index is 13.8. The van der Waals surface area contributed by atoms with Crippen molar-refractivity contribution in [3.05, 3.63) is 0 Å². The molecule has 2 heterocycles. The van der Waals surface area contributed by atoms with Crippen LogP contribution in [0.1, 0.15) is 136 Å². The molecule has 0 spiro atoms. The lowest BCUT2D eigenvalue weighted by Crippen LogP contribution is -2.57. The summed E-state index contributed by atoms with van der Waals surface area (Å²) in [5.41, 5.74) is -2.19. The van der Waals surface area contributed by atoms with Gasteiger partial charge in [0.2, 0.25) is 0 Å². The summed E-state index contributed by atoms with van der Waals surface area (Å²) in [6, 6.07) is 0. The van der Waals surface area contributed by atoms with Crippen LogP contribution < -0.4 is 0 Å². The lowest BCUT2D eigenvalue weighted by Gasteiger charge is -2.46. The highest BCUT2D eigenvalue weighted by molar-refractivity contribution is 5.89. The van der Waals surface area contributed by atoms with Gasteiger partial charge >= 0.3 is 5.97 Å². The van der Waals surface area contributed by atoms with E-state index in [0.29, 0.717) is 32.1 Å². The van der Waals surface area contributed by atoms with Crippen LogP contribution in [0.3, 0.4) is 0 Å². The number of esters is 1. The SMILES string of the molecule is CC.CC.CC#CC.CC[C@H]1OC(=O)[C@H](C)[C@@H](C[C@H]2C[C@@](C)(OC)[C@@H](O)C(C)O2)[C@H](C)C[C@](C)(OC)C[C@@H](C)C(=NC)[C@H](C)C(O)[C@]1(C)O. The van der Waals surface area contributed by atoms with Crippen LogP contribution in [0, 0.1) is 41.4 Å². The number of aliphatic imine (C=N–C) groups is 1. The molecule has 9 nitrogen and oxygen atoms in total. The number of rotatable bonds is 5. The summed E-state index contributed by atoms with van der Waals surface area (Å²) in [6.45, 7) is 28.8. The van der Waals surface area contributed by atoms with E-state index in [4.69, 9.17) is 18.9 Å². The topological polar surface area (TPSA) is 127 Å². The molecule has 2 saturated heterocycles. The molecule has 49 heavy (non-hydrogen) atoms. The molecule has 290 valence electrons. The minimum absolute atomic E-state index is 0.0227. The molecule has 2 aliphatic heterocycles. The van der Waals surface area contributed by atoms with Gasteiger partial charge < -0.3 is 34.3 Å². The number of carbonyl (C=O) groups excluding carboxylic acids is 1. The molecule has 9 heteroatoms. The van der Waals surface area contributed by atoms with Crippen LogP contribution in [0.4, 0.5) is 0 Å². The lowest BCUT2D eigenvalue weighted by molar-refractivity contribution is -0.219. The molecule has 0 aromatic heterocycles. The minimum atomic E-state index is -1.69. The number of hydrogen-bond acceptors (Lipinski definition) is 9. The molecule has 0 bridgehead atoms. The van der Waals surface area contributed by atoms with Gasteiger partial charge in [-0.1, -0.05) is 62.3 Å². The van der Waals surface area contributed by atoms with E-state index in [0.717, 1.165) is 5.71 Å². The van der Waals surface area contributed by atoms with Crippen molar-refractivity contribution < 1.29 is 39.1 Å². The Morgan fingerprint density at radius 1 is 0.878 bits per heavy atom. The Kier molecular flexibility index (Phi) is 23.4. The summed E-state index contributed by atoms with van der Waals surface area (Å²) < 4.78 is 24.1. The van der Waals surface area contributed by atoms with E-state index in [1.165, 1.54) is 6.92 Å². The maximum absolute atomic E-state index is 13.8. The van der Waals surface area contributed by atoms with E-state index in [1.807, 2.05) is 76.2 Å². The van der Waals surface area contributed by atoms with Gasteiger partial charge in [-0.05, 0) is 85.0 Å². The summed E-state index contributed by atoms with van der Waals surface area (Å²) in [7, 11) is 5.03. The first kappa shape index (κ1) is 49.6. The molecular formula is C40H77NO8. The van der Waals surface area contributed by atoms with Crippen LogP contribution in [-0.4, -0.2) is 95.6 Å². The van der Waals surface area contributed by atoms with E-state index in [1.54, 1.807) is 21.3 Å². The van der Waals surface area contributed by atoms with Gasteiger partial charge in [0.15, 0.2) is 0 Å². The molecule has 2 unspecified atom stereocenters. The third kappa shape index (κ3) is 13.5. The molecule has 3 N–H and O–H groups in total. The van der Waals surface area contributed by atoms with Crippen molar-refractivity contribution in [3.8, 4) is 11.8 Å². The molecule has 0 aromatic rings. The predicted molar refractivity (Wildman–Crippen MR) is 202 cm³/mol. The first-order chi connectivity index (χ1) is 22.8. The highest BCUT2D eigenvalue weighted by Crippen LogP contribution is 2.42. The second-order valence-corrected chi connectivity index (χ2v) is 14.2. The third-order valence-electron chi connectivity index (χ3n) is 10.7. The zero-order valence-electron chi connectivity index (χ0n) is 34.6. The number of cyclic esters (lactones) is 1. The Bertz CT molecular complexity index is 1020. The number of aliphatic hydroxyl groups excluding tert-OH is 2. The molecule has 0 aliphatic carbocycles. The average Bonchev–Trinajstić information content (AvgIpc) is 3.08. The van der Waals surface area contributed by atoms with Crippen molar-refractivity contribution in [2.75, 3.05) is 21.3 Å². The summed E-state index contributed by atoms with van der Waals surface area (Å²) >= 11 is 0. The molecule has 2 rings (SSSR count). The lowest BCUT2D eigenvalue weighted by atomic mass is 9.71. The molecule has 0 amide bonds. The largest absolute Gasteiger partial charge is 0.459 e. The van der Waals surface area contributed by atoms with Crippen molar-refractivity contribution in [2.24, 2.45) is 34.6 Å². The Labute approximate surface area is 301 Å². The van der Waals surface area contributed by atoms with Gasteiger partial charge in [0.25, 0.3) is 0 Å². The quantitative estimate of drug-likeness (QED) is 0.202. The summed E-state index contributed by atoms with van der Waals surface area (Å²) in [5.74, 6) is 3.85. The van der Waals surface area contributed by atoms with Gasteiger partial charge in [0.1, 0.15) is 17.8 Å². The number of aliphatic hydroxyl groups is 3. The number of nitrogens with zero attached hydrogens (tertiary/aromatic N) is 1. The van der Waals surface area contributed by atoms with Crippen LogP contribution in [0.15, 0.2) is 4.99 Å². The number of methoxy groups -OCH3 is 2. The molecule has 2 fully saturated rings. The number of carbonyl (C=O) groups is 1. The van der Waals surface area contributed by atoms with Gasteiger partial charge in [0.05, 0.1) is 35.4 Å². The molecule has 2 aliphatic rings. The molecule has 0 saturated carbocycles. The molecule has 13 atom stereocenters. The van der Waals surface area contributed by atoms with E-state index < -0.39 is 59.0 Å². The first-order valence-corrected chi connectivity index (χ1v) is 18.7. The number of ether oxygens (including phenoxy) is 4. The highest BCUT2D eigenvalue weighted by Gasteiger charge is 2.49. The fourth-order valence-corrected chi connectivity index (χ4v) is 7.68. The Morgan fingerprint density at radius 3 is 1.84 bits per heavy atom. The van der Waals surface area contributed by atoms with Gasteiger partial charge in [-0.25, -0.2) is 0 Å². The van der Waals surface area contributed by atoms with Gasteiger partial charge in [-0.3, -0.25) is 9.79 Å². The fourth-order valence-electron chi connectivity index (χ4n) is 7.68. The zero-order valence-corrected chi connectivity index (χ0v) is 34.6. The van der Waals surface area contributed by atoms with Crippen molar-refractivity contribution in [1.29, 1.82) is 0 Å². The van der Waals surface area contributed by atoms with Crippen LogP contribution in [0.25, 0.3) is 0 Å². The number of hydrogen-bond donors (Lipinski definition) is 3. The molecule has 0 aromatic carbocycles. The van der Waals surface area contributed by atoms with Gasteiger partial charge in [-0.15, -0.1) is 11.8 Å². The van der Waals surface area contributed by atoms with Crippen LogP contribution in [-0.2, 0) is 23.7 Å². The van der Waals surface area contributed by atoms with Crippen molar-refractivity contribution >= 4 is 11.7 Å². The fraction of sp³-hybridized carbons (Fsp3) is 0.900.